The molecule has 92 valence electrons. The normalized spacial score (nSPS) is 26.2. The molecule has 2 unspecified atom stereocenters. The predicted octanol–water partition coefficient (Wildman–Crippen LogP) is 3.37. The largest absolute Gasteiger partial charge is 0.454 e. The molecule has 0 spiro atoms. The Bertz CT molecular complexity index is 441. The van der Waals surface area contributed by atoms with E-state index in [1.165, 1.54) is 6.42 Å². The SMILES string of the molecule is CC1CC(Nc2cc3c(cc2Cl)OCO3)CS1. The van der Waals surface area contributed by atoms with Crippen LogP contribution in [0, 0.1) is 0 Å². The van der Waals surface area contributed by atoms with Crippen LogP contribution in [-0.2, 0) is 0 Å². The fourth-order valence-electron chi connectivity index (χ4n) is 2.17. The molecule has 2 aliphatic heterocycles. The molecular weight excluding hydrogens is 258 g/mol. The lowest BCUT2D eigenvalue weighted by atomic mass is 10.2. The zero-order valence-electron chi connectivity index (χ0n) is 9.53. The second kappa shape index (κ2) is 4.50. The van der Waals surface area contributed by atoms with Gasteiger partial charge in [0.2, 0.25) is 6.79 Å². The highest BCUT2D eigenvalue weighted by molar-refractivity contribution is 8.00. The molecule has 1 aromatic rings. The fourth-order valence-corrected chi connectivity index (χ4v) is 3.52. The molecule has 0 bridgehead atoms. The summed E-state index contributed by atoms with van der Waals surface area (Å²) >= 11 is 8.21. The first-order valence-corrected chi connectivity index (χ1v) is 7.12. The van der Waals surface area contributed by atoms with E-state index in [2.05, 4.69) is 12.2 Å². The molecular formula is C12H14ClNO2S. The number of hydrogen-bond donors (Lipinski definition) is 1. The number of anilines is 1. The third-order valence-electron chi connectivity index (χ3n) is 3.02. The lowest BCUT2D eigenvalue weighted by Gasteiger charge is -2.15. The first-order valence-electron chi connectivity index (χ1n) is 5.69. The average Bonchev–Trinajstić information content (AvgIpc) is 2.88. The Morgan fingerprint density at radius 1 is 1.35 bits per heavy atom. The molecule has 1 fully saturated rings. The smallest absolute Gasteiger partial charge is 0.231 e. The van der Waals surface area contributed by atoms with E-state index in [0.717, 1.165) is 28.2 Å². The third-order valence-corrected chi connectivity index (χ3v) is 4.69. The molecule has 1 N–H and O–H groups in total. The van der Waals surface area contributed by atoms with Gasteiger partial charge in [0.1, 0.15) is 0 Å². The molecule has 5 heteroatoms. The van der Waals surface area contributed by atoms with E-state index in [0.29, 0.717) is 11.1 Å². The van der Waals surface area contributed by atoms with Gasteiger partial charge in [-0.05, 0) is 6.42 Å². The first-order chi connectivity index (χ1) is 8.22. The summed E-state index contributed by atoms with van der Waals surface area (Å²) in [6.07, 6.45) is 1.18. The number of fused-ring (bicyclic) bond motifs is 1. The maximum Gasteiger partial charge on any atom is 0.231 e. The number of benzene rings is 1. The van der Waals surface area contributed by atoms with E-state index < -0.39 is 0 Å². The van der Waals surface area contributed by atoms with Gasteiger partial charge in [-0.2, -0.15) is 11.8 Å². The highest BCUT2D eigenvalue weighted by atomic mass is 35.5. The van der Waals surface area contributed by atoms with Crippen molar-refractivity contribution in [1.29, 1.82) is 0 Å². The second-order valence-corrected chi connectivity index (χ2v) is 6.28. The summed E-state index contributed by atoms with van der Waals surface area (Å²) in [5, 5.41) is 4.90. The van der Waals surface area contributed by atoms with Gasteiger partial charge < -0.3 is 14.8 Å². The summed E-state index contributed by atoms with van der Waals surface area (Å²) in [6.45, 7) is 2.54. The molecule has 17 heavy (non-hydrogen) atoms. The zero-order valence-corrected chi connectivity index (χ0v) is 11.1. The van der Waals surface area contributed by atoms with E-state index >= 15 is 0 Å². The Morgan fingerprint density at radius 3 is 2.82 bits per heavy atom. The first kappa shape index (κ1) is 11.4. The van der Waals surface area contributed by atoms with Crippen LogP contribution in [-0.4, -0.2) is 23.8 Å². The number of rotatable bonds is 2. The van der Waals surface area contributed by atoms with E-state index in [1.807, 2.05) is 23.9 Å². The van der Waals surface area contributed by atoms with Gasteiger partial charge in [0.15, 0.2) is 11.5 Å². The zero-order chi connectivity index (χ0) is 11.8. The fraction of sp³-hybridized carbons (Fsp3) is 0.500. The quantitative estimate of drug-likeness (QED) is 0.893. The molecule has 2 aliphatic rings. The lowest BCUT2D eigenvalue weighted by Crippen LogP contribution is -2.19. The maximum atomic E-state index is 6.22. The van der Waals surface area contributed by atoms with Crippen LogP contribution in [0.25, 0.3) is 0 Å². The maximum absolute atomic E-state index is 6.22. The standard InChI is InChI=1S/C12H14ClNO2S/c1-7-2-8(5-17-7)14-10-4-12-11(3-9(10)13)15-6-16-12/h3-4,7-8,14H,2,5-6H2,1H3. The van der Waals surface area contributed by atoms with Gasteiger partial charge in [0.05, 0.1) is 10.7 Å². The van der Waals surface area contributed by atoms with E-state index in [-0.39, 0.29) is 6.79 Å². The van der Waals surface area contributed by atoms with Gasteiger partial charge >= 0.3 is 0 Å². The van der Waals surface area contributed by atoms with Crippen molar-refractivity contribution in [3.8, 4) is 11.5 Å². The van der Waals surface area contributed by atoms with Gasteiger partial charge in [0.25, 0.3) is 0 Å². The molecule has 0 aromatic heterocycles. The number of hydrogen-bond acceptors (Lipinski definition) is 4. The Balaban J connectivity index is 1.79. The summed E-state index contributed by atoms with van der Waals surface area (Å²) < 4.78 is 10.6. The van der Waals surface area contributed by atoms with Crippen LogP contribution in [0.3, 0.4) is 0 Å². The molecule has 3 rings (SSSR count). The van der Waals surface area contributed by atoms with Crippen LogP contribution in [0.5, 0.6) is 11.5 Å². The van der Waals surface area contributed by atoms with Crippen molar-refractivity contribution >= 4 is 29.1 Å². The van der Waals surface area contributed by atoms with Crippen molar-refractivity contribution < 1.29 is 9.47 Å². The van der Waals surface area contributed by atoms with Crippen LogP contribution < -0.4 is 14.8 Å². The van der Waals surface area contributed by atoms with Crippen molar-refractivity contribution in [2.24, 2.45) is 0 Å². The minimum atomic E-state index is 0.283. The van der Waals surface area contributed by atoms with Crippen LogP contribution in [0.2, 0.25) is 5.02 Å². The van der Waals surface area contributed by atoms with Crippen molar-refractivity contribution in [3.63, 3.8) is 0 Å². The highest BCUT2D eigenvalue weighted by Crippen LogP contribution is 2.40. The van der Waals surface area contributed by atoms with Gasteiger partial charge in [-0.15, -0.1) is 0 Å². The number of halogens is 1. The summed E-state index contributed by atoms with van der Waals surface area (Å²) in [5.41, 5.74) is 0.940. The van der Waals surface area contributed by atoms with Crippen LogP contribution in [0.15, 0.2) is 12.1 Å². The van der Waals surface area contributed by atoms with Gasteiger partial charge in [-0.25, -0.2) is 0 Å². The van der Waals surface area contributed by atoms with Crippen molar-refractivity contribution in [3.05, 3.63) is 17.2 Å². The lowest BCUT2D eigenvalue weighted by molar-refractivity contribution is 0.174. The van der Waals surface area contributed by atoms with Crippen molar-refractivity contribution in [2.75, 3.05) is 17.9 Å². The molecule has 1 aromatic carbocycles. The molecule has 0 aliphatic carbocycles. The molecule has 1 saturated heterocycles. The summed E-state index contributed by atoms with van der Waals surface area (Å²) in [7, 11) is 0. The molecule has 0 amide bonds. The third kappa shape index (κ3) is 2.29. The van der Waals surface area contributed by atoms with E-state index in [4.69, 9.17) is 21.1 Å². The van der Waals surface area contributed by atoms with Gasteiger partial charge in [0, 0.05) is 29.2 Å². The van der Waals surface area contributed by atoms with Crippen molar-refractivity contribution in [1.82, 2.24) is 0 Å². The molecule has 0 saturated carbocycles. The molecule has 2 atom stereocenters. The monoisotopic (exact) mass is 271 g/mol. The predicted molar refractivity (Wildman–Crippen MR) is 71.5 cm³/mol. The molecule has 0 radical (unpaired) electrons. The van der Waals surface area contributed by atoms with Crippen LogP contribution in [0.4, 0.5) is 5.69 Å². The summed E-state index contributed by atoms with van der Waals surface area (Å²) in [4.78, 5) is 0. The number of ether oxygens (including phenoxy) is 2. The Hall–Kier alpha value is -0.740. The van der Waals surface area contributed by atoms with E-state index in [9.17, 15) is 0 Å². The molecule has 2 heterocycles. The minimum absolute atomic E-state index is 0.283. The van der Waals surface area contributed by atoms with Crippen LogP contribution >= 0.6 is 23.4 Å². The number of nitrogens with one attached hydrogen (secondary N) is 1. The Morgan fingerprint density at radius 2 is 2.12 bits per heavy atom. The van der Waals surface area contributed by atoms with Gasteiger partial charge in [-0.3, -0.25) is 0 Å². The second-order valence-electron chi connectivity index (χ2n) is 4.41. The average molecular weight is 272 g/mol. The molecule has 3 nitrogen and oxygen atoms in total. The van der Waals surface area contributed by atoms with E-state index in [1.54, 1.807) is 0 Å². The highest BCUT2D eigenvalue weighted by Gasteiger charge is 2.23. The summed E-state index contributed by atoms with van der Waals surface area (Å²) in [5.74, 6) is 2.64. The summed E-state index contributed by atoms with van der Waals surface area (Å²) in [6, 6.07) is 4.24. The minimum Gasteiger partial charge on any atom is -0.454 e. The number of thioether (sulfide) groups is 1. The Kier molecular flexibility index (Phi) is 3.01. The van der Waals surface area contributed by atoms with Gasteiger partial charge in [-0.1, -0.05) is 18.5 Å². The van der Waals surface area contributed by atoms with Crippen LogP contribution in [0.1, 0.15) is 13.3 Å². The topological polar surface area (TPSA) is 30.5 Å². The van der Waals surface area contributed by atoms with Crippen molar-refractivity contribution in [2.45, 2.75) is 24.6 Å². The Labute approximate surface area is 110 Å².